The van der Waals surface area contributed by atoms with Crippen LogP contribution in [0.3, 0.4) is 0 Å². The number of nitrogens with zero attached hydrogens (tertiary/aromatic N) is 1. The summed E-state index contributed by atoms with van der Waals surface area (Å²) in [5.41, 5.74) is 4.56. The minimum atomic E-state index is -0.544. The molecule has 0 fully saturated rings. The number of hydrogen-bond acceptors (Lipinski definition) is 5. The first-order valence-electron chi connectivity index (χ1n) is 9.22. The number of hydrogen-bond donors (Lipinski definition) is 1. The number of nitrogens with one attached hydrogen (secondary N) is 1. The van der Waals surface area contributed by atoms with Crippen LogP contribution in [0.1, 0.15) is 23.1 Å². The highest BCUT2D eigenvalue weighted by molar-refractivity contribution is 5.94. The maximum atomic E-state index is 12.6. The minimum Gasteiger partial charge on any atom is -0.454 e. The van der Waals surface area contributed by atoms with E-state index >= 15 is 0 Å². The highest BCUT2D eigenvalue weighted by Crippen LogP contribution is 2.33. The van der Waals surface area contributed by atoms with E-state index in [0.29, 0.717) is 12.8 Å². The Hall–Kier alpha value is -3.02. The topological polar surface area (TPSA) is 69.2 Å². The van der Waals surface area contributed by atoms with Crippen molar-refractivity contribution >= 4 is 11.6 Å². The molecule has 3 aliphatic rings. The molecule has 1 N–H and O–H groups in total. The predicted molar refractivity (Wildman–Crippen MR) is 99.0 cm³/mol. The molecule has 0 spiro atoms. The van der Waals surface area contributed by atoms with Gasteiger partial charge in [0.2, 0.25) is 12.9 Å². The molecule has 5 rings (SSSR count). The average Bonchev–Trinajstić information content (AvgIpc) is 3.40. The van der Waals surface area contributed by atoms with E-state index in [9.17, 15) is 4.79 Å². The van der Waals surface area contributed by atoms with Gasteiger partial charge in [0.1, 0.15) is 0 Å². The zero-order chi connectivity index (χ0) is 18.2. The van der Waals surface area contributed by atoms with Crippen LogP contribution in [0.5, 0.6) is 11.5 Å². The van der Waals surface area contributed by atoms with Gasteiger partial charge in [0.05, 0.1) is 5.71 Å². The highest BCUT2D eigenvalue weighted by atomic mass is 16.7. The maximum Gasteiger partial charge on any atom is 0.264 e. The molecule has 2 heterocycles. The van der Waals surface area contributed by atoms with Gasteiger partial charge in [-0.1, -0.05) is 35.5 Å². The largest absolute Gasteiger partial charge is 0.454 e. The summed E-state index contributed by atoms with van der Waals surface area (Å²) >= 11 is 0. The number of benzene rings is 2. The fraction of sp³-hybridized carbons (Fsp3) is 0.333. The predicted octanol–water partition coefficient (Wildman–Crippen LogP) is 2.39. The molecule has 1 atom stereocenters. The van der Waals surface area contributed by atoms with Crippen LogP contribution >= 0.6 is 0 Å². The molecule has 0 radical (unpaired) electrons. The van der Waals surface area contributed by atoms with E-state index in [1.165, 1.54) is 11.1 Å². The summed E-state index contributed by atoms with van der Waals surface area (Å²) in [6.45, 7) is 0.260. The summed E-state index contributed by atoms with van der Waals surface area (Å²) in [5.74, 6) is 1.43. The summed E-state index contributed by atoms with van der Waals surface area (Å²) in [4.78, 5) is 18.0. The first-order chi connectivity index (χ1) is 13.2. The van der Waals surface area contributed by atoms with Crippen molar-refractivity contribution in [2.75, 3.05) is 6.79 Å². The molecule has 0 unspecified atom stereocenters. The Labute approximate surface area is 157 Å². The molecule has 2 aromatic rings. The number of fused-ring (bicyclic) bond motifs is 2. The summed E-state index contributed by atoms with van der Waals surface area (Å²) in [6.07, 6.45) is 2.35. The van der Waals surface area contributed by atoms with E-state index in [4.69, 9.17) is 14.3 Å². The standard InChI is InChI=1S/C21H20N2O4/c24-21(22-16-9-14-3-1-2-4-15(14)10-16)20-11-17(23-27-20)7-13-5-6-18-19(8-13)26-12-25-18/h1-6,8,16,20H,7,9-12H2,(H,22,24)/t20-/m1/s1. The lowest BCUT2D eigenvalue weighted by Crippen LogP contribution is -2.42. The van der Waals surface area contributed by atoms with Gasteiger partial charge in [-0.3, -0.25) is 4.79 Å². The van der Waals surface area contributed by atoms with Gasteiger partial charge in [0, 0.05) is 18.9 Å². The number of carbonyl (C=O) groups is 1. The lowest BCUT2D eigenvalue weighted by molar-refractivity contribution is -0.131. The second-order valence-corrected chi connectivity index (χ2v) is 7.20. The molecule has 1 aliphatic carbocycles. The lowest BCUT2D eigenvalue weighted by Gasteiger charge is -2.14. The smallest absolute Gasteiger partial charge is 0.264 e. The Balaban J connectivity index is 1.15. The van der Waals surface area contributed by atoms with Crippen molar-refractivity contribution in [3.05, 3.63) is 59.2 Å². The molecule has 1 amide bonds. The Morgan fingerprint density at radius 3 is 2.63 bits per heavy atom. The molecule has 6 heteroatoms. The van der Waals surface area contributed by atoms with E-state index in [1.807, 2.05) is 30.3 Å². The summed E-state index contributed by atoms with van der Waals surface area (Å²) in [7, 11) is 0. The third-order valence-corrected chi connectivity index (χ3v) is 5.27. The number of rotatable bonds is 4. The average molecular weight is 364 g/mol. The molecule has 6 nitrogen and oxygen atoms in total. The Kier molecular flexibility index (Phi) is 3.96. The SMILES string of the molecule is O=C(NC1Cc2ccccc2C1)[C@H]1CC(Cc2ccc3c(c2)OCO3)=NO1. The van der Waals surface area contributed by atoms with Gasteiger partial charge in [-0.2, -0.15) is 0 Å². The number of oxime groups is 1. The van der Waals surface area contributed by atoms with Crippen LogP contribution in [0.2, 0.25) is 0 Å². The van der Waals surface area contributed by atoms with Crippen LogP contribution in [0.15, 0.2) is 47.6 Å². The maximum absolute atomic E-state index is 12.6. The van der Waals surface area contributed by atoms with Crippen LogP contribution in [-0.4, -0.2) is 30.6 Å². The first-order valence-corrected chi connectivity index (χ1v) is 9.22. The van der Waals surface area contributed by atoms with Crippen molar-refractivity contribution in [1.82, 2.24) is 5.32 Å². The highest BCUT2D eigenvalue weighted by Gasteiger charge is 2.31. The molecule has 0 aromatic heterocycles. The van der Waals surface area contributed by atoms with Crippen LogP contribution in [0, 0.1) is 0 Å². The van der Waals surface area contributed by atoms with Crippen molar-refractivity contribution in [2.24, 2.45) is 5.16 Å². The van der Waals surface area contributed by atoms with Crippen molar-refractivity contribution in [3.8, 4) is 11.5 Å². The van der Waals surface area contributed by atoms with Crippen molar-refractivity contribution in [2.45, 2.75) is 37.8 Å². The van der Waals surface area contributed by atoms with Gasteiger partial charge in [-0.15, -0.1) is 0 Å². The summed E-state index contributed by atoms with van der Waals surface area (Å²) in [6, 6.07) is 14.3. The van der Waals surface area contributed by atoms with Crippen LogP contribution in [0.25, 0.3) is 0 Å². The van der Waals surface area contributed by atoms with Crippen molar-refractivity contribution in [3.63, 3.8) is 0 Å². The van der Waals surface area contributed by atoms with E-state index < -0.39 is 6.10 Å². The zero-order valence-electron chi connectivity index (χ0n) is 14.8. The molecule has 0 bridgehead atoms. The Morgan fingerprint density at radius 2 is 1.81 bits per heavy atom. The van der Waals surface area contributed by atoms with Gasteiger partial charge >= 0.3 is 0 Å². The van der Waals surface area contributed by atoms with E-state index in [-0.39, 0.29) is 18.7 Å². The molecule has 0 saturated carbocycles. The van der Waals surface area contributed by atoms with Gasteiger partial charge in [-0.25, -0.2) is 0 Å². The second kappa shape index (κ2) is 6.61. The van der Waals surface area contributed by atoms with Gasteiger partial charge < -0.3 is 19.6 Å². The zero-order valence-corrected chi connectivity index (χ0v) is 14.8. The lowest BCUT2D eigenvalue weighted by atomic mass is 10.0. The third-order valence-electron chi connectivity index (χ3n) is 5.27. The second-order valence-electron chi connectivity index (χ2n) is 7.20. The molecule has 27 heavy (non-hydrogen) atoms. The summed E-state index contributed by atoms with van der Waals surface area (Å²) < 4.78 is 10.7. The fourth-order valence-electron chi connectivity index (χ4n) is 3.91. The number of ether oxygens (including phenoxy) is 2. The normalized spacial score (nSPS) is 20.1. The molecule has 2 aromatic carbocycles. The van der Waals surface area contributed by atoms with Crippen LogP contribution < -0.4 is 14.8 Å². The Morgan fingerprint density at radius 1 is 1.04 bits per heavy atom. The van der Waals surface area contributed by atoms with Gasteiger partial charge in [0.15, 0.2) is 11.5 Å². The molecular formula is C21H20N2O4. The molecular weight excluding hydrogens is 344 g/mol. The van der Waals surface area contributed by atoms with Crippen molar-refractivity contribution in [1.29, 1.82) is 0 Å². The van der Waals surface area contributed by atoms with Crippen LogP contribution in [0.4, 0.5) is 0 Å². The Bertz CT molecular complexity index is 899. The van der Waals surface area contributed by atoms with Gasteiger partial charge in [-0.05, 0) is 41.7 Å². The monoisotopic (exact) mass is 364 g/mol. The summed E-state index contributed by atoms with van der Waals surface area (Å²) in [5, 5.41) is 7.24. The number of carbonyl (C=O) groups excluding carboxylic acids is 1. The molecule has 0 saturated heterocycles. The minimum absolute atomic E-state index is 0.0859. The fourth-order valence-corrected chi connectivity index (χ4v) is 3.91. The number of amides is 1. The van der Waals surface area contributed by atoms with Crippen molar-refractivity contribution < 1.29 is 19.1 Å². The van der Waals surface area contributed by atoms with Crippen LogP contribution in [-0.2, 0) is 28.9 Å². The molecule has 2 aliphatic heterocycles. The first kappa shape index (κ1) is 16.2. The molecule has 138 valence electrons. The van der Waals surface area contributed by atoms with Gasteiger partial charge in [0.25, 0.3) is 5.91 Å². The quantitative estimate of drug-likeness (QED) is 0.904. The van der Waals surface area contributed by atoms with E-state index in [2.05, 4.69) is 22.6 Å². The third kappa shape index (κ3) is 3.23. The van der Waals surface area contributed by atoms with E-state index in [1.54, 1.807) is 0 Å². The van der Waals surface area contributed by atoms with E-state index in [0.717, 1.165) is 35.6 Å².